The molecular formula is C16H22BrFO2. The Labute approximate surface area is 128 Å². The number of methoxy groups -OCH3 is 1. The summed E-state index contributed by atoms with van der Waals surface area (Å²) >= 11 is 3.36. The van der Waals surface area contributed by atoms with E-state index >= 15 is 0 Å². The number of aliphatic hydroxyl groups is 1. The van der Waals surface area contributed by atoms with Crippen molar-refractivity contribution in [1.29, 1.82) is 0 Å². The average Bonchev–Trinajstić information content (AvgIpc) is 2.68. The Hall–Kier alpha value is -0.450. The molecule has 20 heavy (non-hydrogen) atoms. The highest BCUT2D eigenvalue weighted by atomic mass is 79.9. The monoisotopic (exact) mass is 344 g/mol. The Bertz CT molecular complexity index is 442. The summed E-state index contributed by atoms with van der Waals surface area (Å²) in [6.45, 7) is 0. The molecule has 0 saturated heterocycles. The van der Waals surface area contributed by atoms with E-state index in [2.05, 4.69) is 15.9 Å². The topological polar surface area (TPSA) is 29.5 Å². The summed E-state index contributed by atoms with van der Waals surface area (Å²) in [5.41, 5.74) is 0.462. The van der Waals surface area contributed by atoms with Crippen LogP contribution in [-0.4, -0.2) is 23.9 Å². The summed E-state index contributed by atoms with van der Waals surface area (Å²) < 4.78 is 19.5. The predicted octanol–water partition coefficient (Wildman–Crippen LogP) is 4.23. The highest BCUT2D eigenvalue weighted by Gasteiger charge is 2.38. The molecule has 0 spiro atoms. The zero-order valence-electron chi connectivity index (χ0n) is 11.9. The van der Waals surface area contributed by atoms with Crippen LogP contribution in [0.15, 0.2) is 22.7 Å². The van der Waals surface area contributed by atoms with Crippen molar-refractivity contribution in [3.63, 3.8) is 0 Å². The Morgan fingerprint density at radius 2 is 1.95 bits per heavy atom. The maximum absolute atomic E-state index is 13.1. The molecule has 1 N–H and O–H groups in total. The van der Waals surface area contributed by atoms with Crippen LogP contribution < -0.4 is 0 Å². The van der Waals surface area contributed by atoms with E-state index in [4.69, 9.17) is 4.74 Å². The molecule has 0 aromatic heterocycles. The summed E-state index contributed by atoms with van der Waals surface area (Å²) in [6.07, 6.45) is 6.30. The molecule has 1 unspecified atom stereocenters. The lowest BCUT2D eigenvalue weighted by molar-refractivity contribution is -0.111. The molecule has 1 aliphatic rings. The van der Waals surface area contributed by atoms with Crippen molar-refractivity contribution in [3.8, 4) is 0 Å². The molecule has 0 bridgehead atoms. The van der Waals surface area contributed by atoms with Crippen molar-refractivity contribution in [2.24, 2.45) is 0 Å². The van der Waals surface area contributed by atoms with Gasteiger partial charge in [0.25, 0.3) is 0 Å². The smallest absolute Gasteiger partial charge is 0.124 e. The molecule has 2 nitrogen and oxygen atoms in total. The second-order valence-electron chi connectivity index (χ2n) is 5.64. The third-order valence-electron chi connectivity index (χ3n) is 4.39. The predicted molar refractivity (Wildman–Crippen MR) is 81.3 cm³/mol. The van der Waals surface area contributed by atoms with Gasteiger partial charge in [0.15, 0.2) is 0 Å². The van der Waals surface area contributed by atoms with Gasteiger partial charge in [0.2, 0.25) is 0 Å². The molecule has 0 aliphatic heterocycles. The van der Waals surface area contributed by atoms with E-state index in [9.17, 15) is 9.50 Å². The van der Waals surface area contributed by atoms with Gasteiger partial charge in [-0.05, 0) is 30.5 Å². The largest absolute Gasteiger partial charge is 0.390 e. The lowest BCUT2D eigenvalue weighted by atomic mass is 9.85. The maximum atomic E-state index is 13.1. The van der Waals surface area contributed by atoms with Crippen LogP contribution in [0.4, 0.5) is 4.39 Å². The highest BCUT2D eigenvalue weighted by molar-refractivity contribution is 9.10. The van der Waals surface area contributed by atoms with E-state index in [-0.39, 0.29) is 5.82 Å². The van der Waals surface area contributed by atoms with Crippen LogP contribution in [0.1, 0.15) is 44.1 Å². The van der Waals surface area contributed by atoms with E-state index in [1.54, 1.807) is 13.2 Å². The summed E-state index contributed by atoms with van der Waals surface area (Å²) in [7, 11) is 1.69. The molecule has 1 aliphatic carbocycles. The minimum atomic E-state index is -0.563. The summed E-state index contributed by atoms with van der Waals surface area (Å²) in [5.74, 6) is -0.272. The Morgan fingerprint density at radius 1 is 1.30 bits per heavy atom. The van der Waals surface area contributed by atoms with Crippen LogP contribution >= 0.6 is 15.9 Å². The molecule has 1 aromatic carbocycles. The molecule has 1 atom stereocenters. The zero-order valence-corrected chi connectivity index (χ0v) is 13.5. The highest BCUT2D eigenvalue weighted by Crippen LogP contribution is 2.35. The Kier molecular flexibility index (Phi) is 5.58. The summed E-state index contributed by atoms with van der Waals surface area (Å²) in [5, 5.41) is 10.7. The normalized spacial score (nSPS) is 20.4. The fraction of sp³-hybridized carbons (Fsp3) is 0.625. The molecule has 0 amide bonds. The molecular weight excluding hydrogens is 323 g/mol. The van der Waals surface area contributed by atoms with Crippen molar-refractivity contribution in [2.75, 3.05) is 7.11 Å². The van der Waals surface area contributed by atoms with Crippen LogP contribution in [0.5, 0.6) is 0 Å². The second-order valence-corrected chi connectivity index (χ2v) is 6.49. The van der Waals surface area contributed by atoms with Crippen LogP contribution in [0.25, 0.3) is 0 Å². The standard InChI is InChI=1S/C16H22BrFO2/c1-20-16(8-4-2-3-5-9-16)15(19)10-12-6-7-13(18)11-14(12)17/h6-7,11,15,19H,2-5,8-10H2,1H3. The van der Waals surface area contributed by atoms with Crippen molar-refractivity contribution >= 4 is 15.9 Å². The lowest BCUT2D eigenvalue weighted by Gasteiger charge is -2.36. The number of halogens is 2. The van der Waals surface area contributed by atoms with Crippen LogP contribution in [0.2, 0.25) is 0 Å². The van der Waals surface area contributed by atoms with Gasteiger partial charge in [-0.25, -0.2) is 4.39 Å². The van der Waals surface area contributed by atoms with Crippen molar-refractivity contribution in [1.82, 2.24) is 0 Å². The first-order valence-electron chi connectivity index (χ1n) is 7.24. The van der Waals surface area contributed by atoms with Gasteiger partial charge in [-0.1, -0.05) is 47.7 Å². The maximum Gasteiger partial charge on any atom is 0.124 e. The third kappa shape index (κ3) is 3.60. The molecule has 2 rings (SSSR count). The fourth-order valence-corrected chi connectivity index (χ4v) is 3.59. The van der Waals surface area contributed by atoms with E-state index < -0.39 is 11.7 Å². The van der Waals surface area contributed by atoms with Gasteiger partial charge in [0, 0.05) is 18.0 Å². The Morgan fingerprint density at radius 3 is 2.50 bits per heavy atom. The number of hydrogen-bond donors (Lipinski definition) is 1. The van der Waals surface area contributed by atoms with Gasteiger partial charge < -0.3 is 9.84 Å². The third-order valence-corrected chi connectivity index (χ3v) is 5.13. The van der Waals surface area contributed by atoms with Gasteiger partial charge >= 0.3 is 0 Å². The number of aliphatic hydroxyl groups excluding tert-OH is 1. The van der Waals surface area contributed by atoms with E-state index in [1.165, 1.54) is 25.0 Å². The average molecular weight is 345 g/mol. The first-order valence-corrected chi connectivity index (χ1v) is 8.04. The zero-order chi connectivity index (χ0) is 14.6. The van der Waals surface area contributed by atoms with Gasteiger partial charge in [-0.2, -0.15) is 0 Å². The summed E-state index contributed by atoms with van der Waals surface area (Å²) in [6, 6.07) is 4.59. The second kappa shape index (κ2) is 7.01. The van der Waals surface area contributed by atoms with Gasteiger partial charge in [0.05, 0.1) is 11.7 Å². The van der Waals surface area contributed by atoms with Crippen molar-refractivity contribution in [3.05, 3.63) is 34.1 Å². The van der Waals surface area contributed by atoms with Crippen LogP contribution in [0, 0.1) is 5.82 Å². The van der Waals surface area contributed by atoms with Crippen LogP contribution in [-0.2, 0) is 11.2 Å². The molecule has 1 saturated carbocycles. The van der Waals surface area contributed by atoms with E-state index in [1.807, 2.05) is 0 Å². The van der Waals surface area contributed by atoms with Crippen molar-refractivity contribution in [2.45, 2.75) is 56.7 Å². The number of hydrogen-bond acceptors (Lipinski definition) is 2. The number of rotatable bonds is 4. The van der Waals surface area contributed by atoms with Gasteiger partial charge in [-0.3, -0.25) is 0 Å². The van der Waals surface area contributed by atoms with Crippen LogP contribution in [0.3, 0.4) is 0 Å². The lowest BCUT2D eigenvalue weighted by Crippen LogP contribution is -2.45. The molecule has 1 aromatic rings. The van der Waals surface area contributed by atoms with Gasteiger partial charge in [0.1, 0.15) is 5.82 Å². The molecule has 0 radical (unpaired) electrons. The molecule has 4 heteroatoms. The SMILES string of the molecule is COC1(C(O)Cc2ccc(F)cc2Br)CCCCCC1. The van der Waals surface area contributed by atoms with E-state index in [0.717, 1.165) is 31.2 Å². The summed E-state index contributed by atoms with van der Waals surface area (Å²) in [4.78, 5) is 0. The van der Waals surface area contributed by atoms with E-state index in [0.29, 0.717) is 10.9 Å². The van der Waals surface area contributed by atoms with Gasteiger partial charge in [-0.15, -0.1) is 0 Å². The molecule has 112 valence electrons. The number of ether oxygens (including phenoxy) is 1. The minimum absolute atomic E-state index is 0.272. The Balaban J connectivity index is 2.13. The molecule has 1 fully saturated rings. The fourth-order valence-electron chi connectivity index (χ4n) is 3.08. The molecule has 0 heterocycles. The minimum Gasteiger partial charge on any atom is -0.390 e. The van der Waals surface area contributed by atoms with Crippen molar-refractivity contribution < 1.29 is 14.2 Å². The quantitative estimate of drug-likeness (QED) is 0.828. The number of benzene rings is 1. The first kappa shape index (κ1) is 15.9. The first-order chi connectivity index (χ1) is 9.57.